The van der Waals surface area contributed by atoms with Gasteiger partial charge in [0, 0.05) is 18.0 Å². The fourth-order valence-corrected chi connectivity index (χ4v) is 5.44. The maximum Gasteiger partial charge on any atom is 0.259 e. The average Bonchev–Trinajstić information content (AvgIpc) is 3.29. The molecule has 134 valence electrons. The Balaban J connectivity index is 1.32. The number of hydrogen-bond acceptors (Lipinski definition) is 6. The highest BCUT2D eigenvalue weighted by Gasteiger charge is 2.21. The van der Waals surface area contributed by atoms with Gasteiger partial charge < -0.3 is 15.0 Å². The molecule has 2 aromatic rings. The monoisotopic (exact) mass is 379 g/mol. The number of ether oxygens (including phenoxy) is 1. The van der Waals surface area contributed by atoms with Gasteiger partial charge in [-0.3, -0.25) is 9.59 Å². The third kappa shape index (κ3) is 3.75. The molecule has 2 aromatic heterocycles. The van der Waals surface area contributed by atoms with Gasteiger partial charge in [0.25, 0.3) is 5.56 Å². The first-order chi connectivity index (χ1) is 12.2. The van der Waals surface area contributed by atoms with Gasteiger partial charge in [0.2, 0.25) is 5.91 Å². The number of aromatic amines is 1. The Kier molecular flexibility index (Phi) is 5.10. The van der Waals surface area contributed by atoms with E-state index >= 15 is 0 Å². The highest BCUT2D eigenvalue weighted by molar-refractivity contribution is 7.99. The Hall–Kier alpha value is -1.38. The molecule has 1 amide bonds. The van der Waals surface area contributed by atoms with E-state index < -0.39 is 0 Å². The van der Waals surface area contributed by atoms with E-state index in [0.29, 0.717) is 23.9 Å². The number of carbonyl (C=O) groups is 1. The maximum absolute atomic E-state index is 12.4. The van der Waals surface area contributed by atoms with Crippen LogP contribution in [0.15, 0.2) is 4.79 Å². The molecule has 6 nitrogen and oxygen atoms in total. The van der Waals surface area contributed by atoms with Crippen molar-refractivity contribution in [3.8, 4) is 0 Å². The lowest BCUT2D eigenvalue weighted by atomic mass is 10.2. The van der Waals surface area contributed by atoms with Crippen molar-refractivity contribution in [3.63, 3.8) is 0 Å². The number of thioether (sulfide) groups is 1. The van der Waals surface area contributed by atoms with Crippen molar-refractivity contribution in [2.24, 2.45) is 0 Å². The van der Waals surface area contributed by atoms with Crippen LogP contribution in [0.3, 0.4) is 0 Å². The van der Waals surface area contributed by atoms with E-state index in [9.17, 15) is 9.59 Å². The van der Waals surface area contributed by atoms with Crippen molar-refractivity contribution in [2.45, 2.75) is 44.0 Å². The number of thiophene rings is 1. The molecule has 0 spiro atoms. The summed E-state index contributed by atoms with van der Waals surface area (Å²) < 4.78 is 5.49. The van der Waals surface area contributed by atoms with Gasteiger partial charge in [-0.1, -0.05) is 0 Å². The SMILES string of the molecule is O=C(CSCc1nc2sc3c(c2c(=O)[nH]1)CCC3)NC[C@@H]1CCCO1. The van der Waals surface area contributed by atoms with Gasteiger partial charge in [-0.25, -0.2) is 4.98 Å². The average molecular weight is 380 g/mol. The molecule has 4 rings (SSSR count). The number of fused-ring (bicyclic) bond motifs is 3. The van der Waals surface area contributed by atoms with Gasteiger partial charge in [-0.2, -0.15) is 0 Å². The van der Waals surface area contributed by atoms with E-state index in [1.54, 1.807) is 11.3 Å². The van der Waals surface area contributed by atoms with E-state index in [0.717, 1.165) is 48.9 Å². The van der Waals surface area contributed by atoms with E-state index in [1.165, 1.54) is 22.2 Å². The number of amides is 1. The Morgan fingerprint density at radius 1 is 1.40 bits per heavy atom. The summed E-state index contributed by atoms with van der Waals surface area (Å²) in [6.45, 7) is 1.38. The second-order valence-corrected chi connectivity index (χ2v) is 8.55. The molecule has 1 aliphatic heterocycles. The van der Waals surface area contributed by atoms with Crippen LogP contribution in [0, 0.1) is 0 Å². The lowest BCUT2D eigenvalue weighted by Crippen LogP contribution is -2.32. The minimum absolute atomic E-state index is 0.000903. The second-order valence-electron chi connectivity index (χ2n) is 6.48. The zero-order chi connectivity index (χ0) is 17.2. The van der Waals surface area contributed by atoms with Crippen LogP contribution in [0.2, 0.25) is 0 Å². The third-order valence-electron chi connectivity index (χ3n) is 4.65. The molecule has 1 atom stereocenters. The third-order valence-corrected chi connectivity index (χ3v) is 6.78. The predicted octanol–water partition coefficient (Wildman–Crippen LogP) is 2.00. The van der Waals surface area contributed by atoms with E-state index in [4.69, 9.17) is 4.74 Å². The Labute approximate surface area is 153 Å². The topological polar surface area (TPSA) is 84.1 Å². The highest BCUT2D eigenvalue weighted by atomic mass is 32.2. The van der Waals surface area contributed by atoms with Gasteiger partial charge in [-0.05, 0) is 37.7 Å². The van der Waals surface area contributed by atoms with Crippen molar-refractivity contribution in [1.29, 1.82) is 0 Å². The quantitative estimate of drug-likeness (QED) is 0.802. The van der Waals surface area contributed by atoms with Crippen LogP contribution in [0.4, 0.5) is 0 Å². The summed E-state index contributed by atoms with van der Waals surface area (Å²) >= 11 is 3.11. The number of rotatable bonds is 6. The van der Waals surface area contributed by atoms with Crippen molar-refractivity contribution < 1.29 is 9.53 Å². The van der Waals surface area contributed by atoms with Crippen LogP contribution < -0.4 is 10.9 Å². The standard InChI is InChI=1S/C17H21N3O3S2/c21-14(18-7-10-3-2-6-23-10)9-24-8-13-19-16(22)15-11-4-1-5-12(11)25-17(15)20-13/h10H,1-9H2,(H,18,21)(H,19,20,22)/t10-/m0/s1. The van der Waals surface area contributed by atoms with Gasteiger partial charge in [0.05, 0.1) is 23.0 Å². The van der Waals surface area contributed by atoms with Gasteiger partial charge in [-0.15, -0.1) is 23.1 Å². The molecular formula is C17H21N3O3S2. The molecule has 1 saturated heterocycles. The molecule has 0 bridgehead atoms. The molecule has 2 aliphatic rings. The van der Waals surface area contributed by atoms with Crippen LogP contribution in [0.5, 0.6) is 0 Å². The fourth-order valence-electron chi connectivity index (χ4n) is 3.44. The minimum Gasteiger partial charge on any atom is -0.376 e. The highest BCUT2D eigenvalue weighted by Crippen LogP contribution is 2.34. The van der Waals surface area contributed by atoms with Crippen LogP contribution in [0.1, 0.15) is 35.5 Å². The molecule has 2 N–H and O–H groups in total. The number of nitrogens with one attached hydrogen (secondary N) is 2. The summed E-state index contributed by atoms with van der Waals surface area (Å²) in [6.07, 6.45) is 5.43. The largest absolute Gasteiger partial charge is 0.376 e. The number of aromatic nitrogens is 2. The van der Waals surface area contributed by atoms with Crippen LogP contribution >= 0.6 is 23.1 Å². The lowest BCUT2D eigenvalue weighted by molar-refractivity contribution is -0.119. The summed E-state index contributed by atoms with van der Waals surface area (Å²) in [7, 11) is 0. The predicted molar refractivity (Wildman–Crippen MR) is 100 cm³/mol. The summed E-state index contributed by atoms with van der Waals surface area (Å²) in [5, 5.41) is 3.68. The number of H-pyrrole nitrogens is 1. The van der Waals surface area contributed by atoms with Crippen LogP contribution in [0.25, 0.3) is 10.2 Å². The molecule has 0 aromatic carbocycles. The summed E-state index contributed by atoms with van der Waals surface area (Å²) in [4.78, 5) is 33.9. The first kappa shape index (κ1) is 17.1. The molecule has 0 unspecified atom stereocenters. The zero-order valence-electron chi connectivity index (χ0n) is 13.9. The van der Waals surface area contributed by atoms with Gasteiger partial charge in [0.1, 0.15) is 10.7 Å². The van der Waals surface area contributed by atoms with Gasteiger partial charge >= 0.3 is 0 Å². The van der Waals surface area contributed by atoms with Gasteiger partial charge in [0.15, 0.2) is 0 Å². The number of nitrogens with zero attached hydrogens (tertiary/aromatic N) is 1. The molecular weight excluding hydrogens is 358 g/mol. The summed E-state index contributed by atoms with van der Waals surface area (Å²) in [6, 6.07) is 0. The van der Waals surface area contributed by atoms with Crippen molar-refractivity contribution in [3.05, 3.63) is 26.6 Å². The van der Waals surface area contributed by atoms with Crippen LogP contribution in [-0.2, 0) is 28.1 Å². The number of aryl methyl sites for hydroxylation is 2. The van der Waals surface area contributed by atoms with Crippen molar-refractivity contribution in [2.75, 3.05) is 18.9 Å². The van der Waals surface area contributed by atoms with E-state index in [2.05, 4.69) is 15.3 Å². The Morgan fingerprint density at radius 2 is 2.32 bits per heavy atom. The van der Waals surface area contributed by atoms with Crippen molar-refractivity contribution in [1.82, 2.24) is 15.3 Å². The molecule has 0 radical (unpaired) electrons. The smallest absolute Gasteiger partial charge is 0.259 e. The minimum atomic E-state index is -0.0390. The Bertz CT molecular complexity index is 840. The number of carbonyl (C=O) groups excluding carboxylic acids is 1. The first-order valence-electron chi connectivity index (χ1n) is 8.70. The van der Waals surface area contributed by atoms with Crippen LogP contribution in [-0.4, -0.2) is 40.9 Å². The summed E-state index contributed by atoms with van der Waals surface area (Å²) in [5.41, 5.74) is 1.16. The molecule has 1 aliphatic carbocycles. The molecule has 0 saturated carbocycles. The Morgan fingerprint density at radius 3 is 3.16 bits per heavy atom. The lowest BCUT2D eigenvalue weighted by Gasteiger charge is -2.10. The first-order valence-corrected chi connectivity index (χ1v) is 10.7. The molecule has 1 fully saturated rings. The maximum atomic E-state index is 12.4. The summed E-state index contributed by atoms with van der Waals surface area (Å²) in [5.74, 6) is 1.53. The zero-order valence-corrected chi connectivity index (χ0v) is 15.6. The van der Waals surface area contributed by atoms with E-state index in [-0.39, 0.29) is 17.6 Å². The molecule has 25 heavy (non-hydrogen) atoms. The normalized spacial score (nSPS) is 19.4. The molecule has 8 heteroatoms. The second kappa shape index (κ2) is 7.47. The fraction of sp³-hybridized carbons (Fsp3) is 0.588. The van der Waals surface area contributed by atoms with Crippen molar-refractivity contribution >= 4 is 39.2 Å². The number of hydrogen-bond donors (Lipinski definition) is 2. The molecule has 3 heterocycles. The van der Waals surface area contributed by atoms with E-state index in [1.807, 2.05) is 0 Å².